The summed E-state index contributed by atoms with van der Waals surface area (Å²) in [5, 5.41) is 3.08. The van der Waals surface area contributed by atoms with Crippen molar-refractivity contribution in [3.8, 4) is 11.5 Å². The minimum Gasteiger partial charge on any atom is -0.495 e. The van der Waals surface area contributed by atoms with E-state index in [2.05, 4.69) is 31.2 Å². The second-order valence-electron chi connectivity index (χ2n) is 3.39. The lowest BCUT2D eigenvalue weighted by atomic mass is 10.3. The van der Waals surface area contributed by atoms with Crippen molar-refractivity contribution in [1.82, 2.24) is 9.97 Å². The van der Waals surface area contributed by atoms with Crippen molar-refractivity contribution >= 4 is 27.6 Å². The van der Waals surface area contributed by atoms with E-state index in [1.54, 1.807) is 32.7 Å². The molecule has 0 spiro atoms. The van der Waals surface area contributed by atoms with Gasteiger partial charge in [0.25, 0.3) is 0 Å². The molecule has 0 radical (unpaired) electrons. The average Bonchev–Trinajstić information content (AvgIpc) is 2.41. The van der Waals surface area contributed by atoms with E-state index in [4.69, 9.17) is 9.47 Å². The van der Waals surface area contributed by atoms with E-state index >= 15 is 0 Å². The molecular weight excluding hydrogens is 298 g/mol. The van der Waals surface area contributed by atoms with Crippen molar-refractivity contribution in [3.05, 3.63) is 35.1 Å². The molecule has 0 aliphatic heterocycles. The molecule has 0 fully saturated rings. The van der Waals surface area contributed by atoms with E-state index in [0.29, 0.717) is 17.4 Å². The van der Waals surface area contributed by atoms with Gasteiger partial charge in [-0.05, 0) is 22.0 Å². The van der Waals surface area contributed by atoms with Gasteiger partial charge in [-0.15, -0.1) is 0 Å². The van der Waals surface area contributed by atoms with Gasteiger partial charge in [-0.3, -0.25) is 0 Å². The second kappa shape index (κ2) is 5.68. The number of methoxy groups -OCH3 is 2. The highest BCUT2D eigenvalue weighted by atomic mass is 79.9. The van der Waals surface area contributed by atoms with Gasteiger partial charge in [-0.2, -0.15) is 0 Å². The van der Waals surface area contributed by atoms with Crippen LogP contribution in [0.2, 0.25) is 0 Å². The van der Waals surface area contributed by atoms with Crippen LogP contribution >= 0.6 is 15.9 Å². The molecule has 0 atom stereocenters. The van der Waals surface area contributed by atoms with E-state index < -0.39 is 0 Å². The van der Waals surface area contributed by atoms with E-state index in [1.807, 2.05) is 12.1 Å². The predicted molar refractivity (Wildman–Crippen MR) is 72.6 cm³/mol. The fourth-order valence-corrected chi connectivity index (χ4v) is 1.99. The van der Waals surface area contributed by atoms with Crippen molar-refractivity contribution < 1.29 is 9.47 Å². The Labute approximate surface area is 113 Å². The quantitative estimate of drug-likeness (QED) is 0.941. The van der Waals surface area contributed by atoms with Crippen LogP contribution in [0.1, 0.15) is 0 Å². The Morgan fingerprint density at radius 2 is 1.61 bits per heavy atom. The second-order valence-corrected chi connectivity index (χ2v) is 4.19. The van der Waals surface area contributed by atoms with Crippen LogP contribution in [0.5, 0.6) is 11.5 Å². The lowest BCUT2D eigenvalue weighted by Crippen LogP contribution is -1.98. The smallest absolute Gasteiger partial charge is 0.227 e. The van der Waals surface area contributed by atoms with Crippen molar-refractivity contribution in [2.45, 2.75) is 0 Å². The summed E-state index contributed by atoms with van der Waals surface area (Å²) >= 11 is 3.41. The van der Waals surface area contributed by atoms with Gasteiger partial charge >= 0.3 is 0 Å². The molecule has 0 aliphatic rings. The summed E-state index contributed by atoms with van der Waals surface area (Å²) in [5.41, 5.74) is 0.790. The molecule has 0 saturated carbocycles. The lowest BCUT2D eigenvalue weighted by Gasteiger charge is -2.12. The highest BCUT2D eigenvalue weighted by Gasteiger charge is 2.10. The molecule has 1 aromatic heterocycles. The maximum Gasteiger partial charge on any atom is 0.227 e. The van der Waals surface area contributed by atoms with Gasteiger partial charge in [0, 0.05) is 30.2 Å². The summed E-state index contributed by atoms with van der Waals surface area (Å²) in [6.45, 7) is 0. The summed E-state index contributed by atoms with van der Waals surface area (Å²) in [6.07, 6.45) is 3.34. The van der Waals surface area contributed by atoms with E-state index in [1.165, 1.54) is 0 Å². The Kier molecular flexibility index (Phi) is 3.99. The van der Waals surface area contributed by atoms with Gasteiger partial charge in [0.05, 0.1) is 14.2 Å². The van der Waals surface area contributed by atoms with Crippen LogP contribution < -0.4 is 14.8 Å². The topological polar surface area (TPSA) is 56.3 Å². The molecule has 5 nitrogen and oxygen atoms in total. The van der Waals surface area contributed by atoms with Gasteiger partial charge in [0.1, 0.15) is 16.0 Å². The largest absolute Gasteiger partial charge is 0.495 e. The van der Waals surface area contributed by atoms with E-state index in [9.17, 15) is 0 Å². The van der Waals surface area contributed by atoms with E-state index in [-0.39, 0.29) is 0 Å². The molecule has 18 heavy (non-hydrogen) atoms. The zero-order valence-corrected chi connectivity index (χ0v) is 11.6. The van der Waals surface area contributed by atoms with Crippen LogP contribution in [0.25, 0.3) is 0 Å². The molecule has 0 aliphatic carbocycles. The number of benzene rings is 1. The average molecular weight is 310 g/mol. The van der Waals surface area contributed by atoms with Gasteiger partial charge in [0.15, 0.2) is 0 Å². The Bertz CT molecular complexity index is 509. The fourth-order valence-electron chi connectivity index (χ4n) is 1.43. The van der Waals surface area contributed by atoms with Crippen molar-refractivity contribution in [2.24, 2.45) is 0 Å². The maximum atomic E-state index is 5.26. The SMILES string of the molecule is COc1cc(Nc2ncccn2)cc(OC)c1Br. The number of hydrogen-bond donors (Lipinski definition) is 1. The molecule has 1 N–H and O–H groups in total. The Morgan fingerprint density at radius 3 is 2.11 bits per heavy atom. The molecule has 6 heteroatoms. The number of halogens is 1. The zero-order chi connectivity index (χ0) is 13.0. The summed E-state index contributed by atoms with van der Waals surface area (Å²) in [5.74, 6) is 1.87. The number of nitrogens with zero attached hydrogens (tertiary/aromatic N) is 2. The standard InChI is InChI=1S/C12H12BrN3O2/c1-17-9-6-8(7-10(18-2)11(9)13)16-12-14-4-3-5-15-12/h3-7H,1-2H3,(H,14,15,16). The summed E-state index contributed by atoms with van der Waals surface area (Å²) < 4.78 is 11.3. The Balaban J connectivity index is 2.34. The molecule has 1 heterocycles. The normalized spacial score (nSPS) is 9.94. The Hall–Kier alpha value is -1.82. The molecule has 1 aromatic carbocycles. The number of anilines is 2. The molecule has 2 aromatic rings. The first-order valence-corrected chi connectivity index (χ1v) is 5.99. The van der Waals surface area contributed by atoms with Crippen molar-refractivity contribution in [1.29, 1.82) is 0 Å². The van der Waals surface area contributed by atoms with Gasteiger partial charge in [-0.1, -0.05) is 0 Å². The summed E-state index contributed by atoms with van der Waals surface area (Å²) in [4.78, 5) is 8.18. The highest BCUT2D eigenvalue weighted by Crippen LogP contribution is 2.37. The lowest BCUT2D eigenvalue weighted by molar-refractivity contribution is 0.390. The van der Waals surface area contributed by atoms with Crippen LogP contribution in [0.3, 0.4) is 0 Å². The summed E-state index contributed by atoms with van der Waals surface area (Å²) in [7, 11) is 3.20. The predicted octanol–water partition coefficient (Wildman–Crippen LogP) is 3.00. The third-order valence-electron chi connectivity index (χ3n) is 2.27. The minimum absolute atomic E-state index is 0.518. The van der Waals surface area contributed by atoms with Crippen molar-refractivity contribution in [2.75, 3.05) is 19.5 Å². The first kappa shape index (κ1) is 12.6. The highest BCUT2D eigenvalue weighted by molar-refractivity contribution is 9.10. The molecule has 0 saturated heterocycles. The molecule has 0 unspecified atom stereocenters. The third kappa shape index (κ3) is 2.70. The zero-order valence-electron chi connectivity index (χ0n) is 9.98. The van der Waals surface area contributed by atoms with Crippen LogP contribution in [-0.4, -0.2) is 24.2 Å². The first-order valence-electron chi connectivity index (χ1n) is 5.20. The monoisotopic (exact) mass is 309 g/mol. The molecule has 0 bridgehead atoms. The minimum atomic E-state index is 0.518. The fraction of sp³-hybridized carbons (Fsp3) is 0.167. The van der Waals surface area contributed by atoms with E-state index in [0.717, 1.165) is 10.2 Å². The number of ether oxygens (including phenoxy) is 2. The van der Waals surface area contributed by atoms with Gasteiger partial charge < -0.3 is 14.8 Å². The van der Waals surface area contributed by atoms with Gasteiger partial charge in [0.2, 0.25) is 5.95 Å². The van der Waals surface area contributed by atoms with Gasteiger partial charge in [-0.25, -0.2) is 9.97 Å². The number of nitrogens with one attached hydrogen (secondary N) is 1. The van der Waals surface area contributed by atoms with Crippen LogP contribution in [-0.2, 0) is 0 Å². The molecular formula is C12H12BrN3O2. The van der Waals surface area contributed by atoms with Crippen LogP contribution in [0, 0.1) is 0 Å². The number of aromatic nitrogens is 2. The first-order chi connectivity index (χ1) is 8.74. The third-order valence-corrected chi connectivity index (χ3v) is 3.05. The van der Waals surface area contributed by atoms with Crippen LogP contribution in [0.15, 0.2) is 35.1 Å². The van der Waals surface area contributed by atoms with Crippen molar-refractivity contribution in [3.63, 3.8) is 0 Å². The van der Waals surface area contributed by atoms with Crippen LogP contribution in [0.4, 0.5) is 11.6 Å². The number of rotatable bonds is 4. The Morgan fingerprint density at radius 1 is 1.06 bits per heavy atom. The molecule has 0 amide bonds. The summed E-state index contributed by atoms with van der Waals surface area (Å²) in [6, 6.07) is 5.43. The maximum absolute atomic E-state index is 5.26. The molecule has 2 rings (SSSR count). The molecule has 94 valence electrons. The number of hydrogen-bond acceptors (Lipinski definition) is 5.